The summed E-state index contributed by atoms with van der Waals surface area (Å²) in [4.78, 5) is 68.9. The second-order valence-corrected chi connectivity index (χ2v) is 20.3. The number of methoxy groups -OCH3 is 1. The largest absolute Gasteiger partial charge is 0.496 e. The number of hydrogen-bond donors (Lipinski definition) is 3. The van der Waals surface area contributed by atoms with Crippen LogP contribution in [-0.4, -0.2) is 108 Å². The zero-order chi connectivity index (χ0) is 48.6. The average molecular weight is 973 g/mol. The Bertz CT molecular complexity index is 2600. The Kier molecular flexibility index (Phi) is 14.0. The molecule has 0 bridgehead atoms. The van der Waals surface area contributed by atoms with Gasteiger partial charge in [-0.15, -0.1) is 0 Å². The van der Waals surface area contributed by atoms with E-state index in [1.165, 1.54) is 23.8 Å². The Balaban J connectivity index is 0.728. The van der Waals surface area contributed by atoms with Crippen LogP contribution in [0.2, 0.25) is 5.02 Å². The van der Waals surface area contributed by atoms with Crippen LogP contribution in [0.15, 0.2) is 48.5 Å². The number of urea groups is 1. The number of carbonyl (C=O) groups excluding carboxylic acids is 4. The van der Waals surface area contributed by atoms with Gasteiger partial charge in [-0.1, -0.05) is 11.6 Å². The number of hydrogen-bond acceptors (Lipinski definition) is 10. The lowest BCUT2D eigenvalue weighted by molar-refractivity contribution is -0.138. The lowest BCUT2D eigenvalue weighted by Crippen LogP contribution is -2.49. The maximum absolute atomic E-state index is 13.9. The van der Waals surface area contributed by atoms with Gasteiger partial charge in [-0.05, 0) is 155 Å². The number of likely N-dealkylation sites (tertiary alicyclic amines) is 3. The molecule has 18 heteroatoms. The number of rotatable bonds is 10. The van der Waals surface area contributed by atoms with Crippen LogP contribution in [-0.2, 0) is 22.3 Å². The third kappa shape index (κ3) is 10.7. The zero-order valence-electron chi connectivity index (χ0n) is 39.3. The molecule has 1 saturated carbocycles. The molecule has 368 valence electrons. The summed E-state index contributed by atoms with van der Waals surface area (Å²) in [7, 11) is 1.63. The molecule has 14 nitrogen and oxygen atoms in total. The van der Waals surface area contributed by atoms with Gasteiger partial charge in [0.2, 0.25) is 11.8 Å². The number of nitrogens with two attached hydrogens (primary N) is 1. The van der Waals surface area contributed by atoms with Crippen LogP contribution in [0.1, 0.15) is 109 Å². The Labute approximate surface area is 405 Å². The smallest absolute Gasteiger partial charge is 0.416 e. The zero-order valence-corrected chi connectivity index (χ0v) is 40.1. The molecule has 4 saturated heterocycles. The van der Waals surface area contributed by atoms with Gasteiger partial charge in [-0.25, -0.2) is 14.8 Å². The van der Waals surface area contributed by atoms with Crippen LogP contribution >= 0.6 is 11.6 Å². The van der Waals surface area contributed by atoms with Crippen LogP contribution in [0.4, 0.5) is 35.2 Å². The first kappa shape index (κ1) is 48.3. The number of ether oxygens (including phenoxy) is 1. The van der Waals surface area contributed by atoms with E-state index in [1.807, 2.05) is 21.9 Å². The van der Waals surface area contributed by atoms with Gasteiger partial charge in [-0.3, -0.25) is 24.6 Å². The fourth-order valence-electron chi connectivity index (χ4n) is 11.5. The van der Waals surface area contributed by atoms with Crippen molar-refractivity contribution in [2.45, 2.75) is 96.2 Å². The highest BCUT2D eigenvalue weighted by Crippen LogP contribution is 2.47. The minimum Gasteiger partial charge on any atom is -0.496 e. The van der Waals surface area contributed by atoms with E-state index in [9.17, 15) is 32.3 Å². The molecule has 3 aromatic carbocycles. The number of halogens is 4. The molecule has 0 unspecified atom stereocenters. The summed E-state index contributed by atoms with van der Waals surface area (Å²) in [6, 6.07) is 11.9. The first-order valence-corrected chi connectivity index (χ1v) is 24.7. The molecular formula is C51H61ClF3N9O5. The van der Waals surface area contributed by atoms with Crippen LogP contribution in [0.25, 0.3) is 10.9 Å². The maximum atomic E-state index is 13.9. The summed E-state index contributed by atoms with van der Waals surface area (Å²) in [6.45, 7) is 7.65. The van der Waals surface area contributed by atoms with Crippen molar-refractivity contribution < 1.29 is 37.1 Å². The number of carbonyl (C=O) groups is 4. The maximum Gasteiger partial charge on any atom is 0.416 e. The van der Waals surface area contributed by atoms with E-state index in [4.69, 9.17) is 22.1 Å². The number of fused-ring (bicyclic) bond motifs is 1. The van der Waals surface area contributed by atoms with Crippen LogP contribution in [0.5, 0.6) is 5.75 Å². The number of anilines is 3. The van der Waals surface area contributed by atoms with E-state index < -0.39 is 17.8 Å². The van der Waals surface area contributed by atoms with Gasteiger partial charge in [0.05, 0.1) is 28.9 Å². The molecule has 5 heterocycles. The van der Waals surface area contributed by atoms with Crippen molar-refractivity contribution in [1.82, 2.24) is 30.0 Å². The lowest BCUT2D eigenvalue weighted by atomic mass is 9.65. The van der Waals surface area contributed by atoms with Gasteiger partial charge >= 0.3 is 12.2 Å². The average Bonchev–Trinajstić information content (AvgIpc) is 3.33. The quantitative estimate of drug-likeness (QED) is 0.131. The molecule has 0 atom stereocenters. The fourth-order valence-corrected chi connectivity index (χ4v) is 11.7. The monoisotopic (exact) mass is 971 g/mol. The summed E-state index contributed by atoms with van der Waals surface area (Å²) in [6.07, 6.45) is 5.54. The Morgan fingerprint density at radius 3 is 2.29 bits per heavy atom. The molecule has 4 aliphatic heterocycles. The molecule has 0 radical (unpaired) electrons. The topological polar surface area (TPSA) is 166 Å². The summed E-state index contributed by atoms with van der Waals surface area (Å²) < 4.78 is 46.4. The molecule has 5 aliphatic rings. The van der Waals surface area contributed by atoms with Gasteiger partial charge in [-0.2, -0.15) is 13.2 Å². The molecule has 1 aromatic heterocycles. The second kappa shape index (κ2) is 20.0. The van der Waals surface area contributed by atoms with E-state index >= 15 is 0 Å². The van der Waals surface area contributed by atoms with Gasteiger partial charge in [0.1, 0.15) is 17.4 Å². The number of amides is 5. The van der Waals surface area contributed by atoms with Crippen molar-refractivity contribution in [2.24, 2.45) is 17.3 Å². The van der Waals surface area contributed by atoms with E-state index in [-0.39, 0.29) is 60.2 Å². The standard InChI is InChI=1S/C51H61ClF3N9O5/c1-31-58-42-28-44(69-2)39(27-40(42)46(59-31)57-29-33-23-37(51(53,54)55)26-38(56)24-33)34-9-18-62(19-10-34)47(66)35-7-16-61(17-8-35)30-32-5-12-50(13-6-32)14-21-63(22-15-50)48(67)36-3-4-41(52)43(25-36)64-20-11-45(65)60-49(64)68/h3-4,23-28,32,34-35H,5-22,29-30,56H2,1-2H3,(H,57,58,59)(H,60,65,68). The molecule has 1 aliphatic carbocycles. The number of aromatic nitrogens is 2. The molecule has 5 fully saturated rings. The van der Waals surface area contributed by atoms with Gasteiger partial charge < -0.3 is 30.5 Å². The van der Waals surface area contributed by atoms with E-state index in [2.05, 4.69) is 25.5 Å². The minimum atomic E-state index is -4.51. The Hall–Kier alpha value is -5.68. The number of nitrogens with zero attached hydrogens (tertiary/aromatic N) is 6. The third-order valence-corrected chi connectivity index (χ3v) is 15.8. The SMILES string of the molecule is COc1cc2nc(C)nc(NCc3cc(N)cc(C(F)(F)F)c3)c2cc1C1CCN(C(=O)C2CCN(CC3CCC4(CC3)CCN(C(=O)c3ccc(Cl)c(N5CCC(=O)NC5=O)c3)CC4)CC2)CC1. The fraction of sp³-hybridized carbons (Fsp3) is 0.529. The summed E-state index contributed by atoms with van der Waals surface area (Å²) >= 11 is 6.44. The number of aryl methyl sites for hydroxylation is 1. The normalized spacial score (nSPS) is 20.1. The highest BCUT2D eigenvalue weighted by molar-refractivity contribution is 6.34. The number of alkyl halides is 3. The molecule has 4 aromatic rings. The molecular weight excluding hydrogens is 911 g/mol. The molecule has 5 amide bonds. The van der Waals surface area contributed by atoms with Crippen molar-refractivity contribution in [2.75, 3.05) is 75.4 Å². The van der Waals surface area contributed by atoms with Crippen molar-refractivity contribution >= 4 is 63.4 Å². The highest BCUT2D eigenvalue weighted by Gasteiger charge is 2.41. The number of benzene rings is 3. The van der Waals surface area contributed by atoms with Crippen LogP contribution in [0, 0.1) is 24.2 Å². The van der Waals surface area contributed by atoms with Crippen molar-refractivity contribution in [3.63, 3.8) is 0 Å². The number of piperidine rings is 3. The van der Waals surface area contributed by atoms with Crippen molar-refractivity contribution in [3.8, 4) is 5.75 Å². The van der Waals surface area contributed by atoms with E-state index in [1.54, 1.807) is 32.2 Å². The summed E-state index contributed by atoms with van der Waals surface area (Å²) in [5.74, 6) is 2.35. The number of imide groups is 1. The number of nitrogen functional groups attached to an aromatic ring is 1. The molecule has 69 heavy (non-hydrogen) atoms. The van der Waals surface area contributed by atoms with Crippen LogP contribution < -0.4 is 26.0 Å². The first-order chi connectivity index (χ1) is 33.0. The van der Waals surface area contributed by atoms with Gasteiger partial charge in [0.25, 0.3) is 5.91 Å². The van der Waals surface area contributed by atoms with Crippen LogP contribution in [0.3, 0.4) is 0 Å². The Morgan fingerprint density at radius 2 is 1.61 bits per heavy atom. The summed E-state index contributed by atoms with van der Waals surface area (Å²) in [5, 5.41) is 6.64. The lowest BCUT2D eigenvalue weighted by Gasteiger charge is -2.47. The molecule has 1 spiro atoms. The van der Waals surface area contributed by atoms with Crippen molar-refractivity contribution in [3.05, 3.63) is 81.6 Å². The first-order valence-electron chi connectivity index (χ1n) is 24.3. The van der Waals surface area contributed by atoms with Crippen molar-refractivity contribution in [1.29, 1.82) is 0 Å². The Morgan fingerprint density at radius 1 is 0.884 bits per heavy atom. The second-order valence-electron chi connectivity index (χ2n) is 19.9. The third-order valence-electron chi connectivity index (χ3n) is 15.5. The molecule has 9 rings (SSSR count). The van der Waals surface area contributed by atoms with E-state index in [0.29, 0.717) is 76.8 Å². The minimum absolute atomic E-state index is 0.0196. The van der Waals surface area contributed by atoms with E-state index in [0.717, 1.165) is 94.1 Å². The number of nitrogens with one attached hydrogen (secondary N) is 2. The highest BCUT2D eigenvalue weighted by atomic mass is 35.5. The summed E-state index contributed by atoms with van der Waals surface area (Å²) in [5.41, 5.74) is 8.26. The molecule has 4 N–H and O–H groups in total. The predicted octanol–water partition coefficient (Wildman–Crippen LogP) is 8.79. The van der Waals surface area contributed by atoms with Gasteiger partial charge in [0, 0.05) is 80.9 Å². The van der Waals surface area contributed by atoms with Gasteiger partial charge in [0.15, 0.2) is 0 Å². The predicted molar refractivity (Wildman–Crippen MR) is 258 cm³/mol.